The Kier molecular flexibility index (Phi) is 5.70. The molecule has 50 heavy (non-hydrogen) atoms. The molecule has 2 aromatic heterocycles. The van der Waals surface area contributed by atoms with Gasteiger partial charge in [0, 0.05) is 27.2 Å². The van der Waals surface area contributed by atoms with Gasteiger partial charge >= 0.3 is 0 Å². The molecular weight excluding hydrogens is 607 g/mol. The number of benzene rings is 9. The Morgan fingerprint density at radius 1 is 0.360 bits per heavy atom. The minimum absolute atomic E-state index is 0.890. The fourth-order valence-corrected chi connectivity index (χ4v) is 8.38. The standard InChI is InChI=1S/C48H29NO/c1-2-14-34(15-3-1)49-43-21-11-10-16-35(43)41-26-27-42-36-25-24-33(29-44(36)50-48(42)47(41)49)46-39-19-8-6-17-37(39)45(38-18-7-9-20-40(38)46)32-23-22-30-12-4-5-13-31(30)28-32/h1-29H. The van der Waals surface area contributed by atoms with Crippen LogP contribution in [-0.2, 0) is 0 Å². The molecule has 0 spiro atoms. The van der Waals surface area contributed by atoms with Crippen LogP contribution in [0.25, 0.3) is 104 Å². The fourth-order valence-electron chi connectivity index (χ4n) is 8.38. The van der Waals surface area contributed by atoms with Crippen molar-refractivity contribution in [2.75, 3.05) is 0 Å². The summed E-state index contributed by atoms with van der Waals surface area (Å²) in [4.78, 5) is 0. The van der Waals surface area contributed by atoms with Gasteiger partial charge in [-0.3, -0.25) is 0 Å². The minimum Gasteiger partial charge on any atom is -0.454 e. The Labute approximate surface area is 288 Å². The Bertz CT molecular complexity index is 3090. The van der Waals surface area contributed by atoms with E-state index < -0.39 is 0 Å². The van der Waals surface area contributed by atoms with E-state index in [2.05, 4.69) is 180 Å². The van der Waals surface area contributed by atoms with Crippen molar-refractivity contribution in [3.63, 3.8) is 0 Å². The highest BCUT2D eigenvalue weighted by Gasteiger charge is 2.21. The Morgan fingerprint density at radius 2 is 0.900 bits per heavy atom. The minimum atomic E-state index is 0.890. The summed E-state index contributed by atoms with van der Waals surface area (Å²) in [6.07, 6.45) is 0. The van der Waals surface area contributed by atoms with Gasteiger partial charge < -0.3 is 8.98 Å². The van der Waals surface area contributed by atoms with Crippen LogP contribution in [0.3, 0.4) is 0 Å². The third-order valence-corrected chi connectivity index (χ3v) is 10.5. The van der Waals surface area contributed by atoms with Crippen molar-refractivity contribution in [3.8, 4) is 27.9 Å². The maximum Gasteiger partial charge on any atom is 0.160 e. The van der Waals surface area contributed by atoms with E-state index in [0.29, 0.717) is 0 Å². The van der Waals surface area contributed by atoms with Gasteiger partial charge in [0.2, 0.25) is 0 Å². The van der Waals surface area contributed by atoms with Gasteiger partial charge in [0.25, 0.3) is 0 Å². The summed E-state index contributed by atoms with van der Waals surface area (Å²) in [5, 5.41) is 12.1. The largest absolute Gasteiger partial charge is 0.454 e. The lowest BCUT2D eigenvalue weighted by molar-refractivity contribution is 0.671. The van der Waals surface area contributed by atoms with E-state index in [0.717, 1.165) is 38.7 Å². The monoisotopic (exact) mass is 635 g/mol. The molecule has 0 aliphatic carbocycles. The van der Waals surface area contributed by atoms with Crippen LogP contribution in [-0.4, -0.2) is 4.57 Å². The van der Waals surface area contributed by atoms with Crippen LogP contribution in [0.4, 0.5) is 0 Å². The normalized spacial score (nSPS) is 12.0. The second-order valence-electron chi connectivity index (χ2n) is 13.2. The highest BCUT2D eigenvalue weighted by Crippen LogP contribution is 2.46. The molecule has 0 saturated heterocycles. The van der Waals surface area contributed by atoms with Crippen molar-refractivity contribution in [2.24, 2.45) is 0 Å². The molecule has 11 aromatic rings. The molecule has 0 amide bonds. The van der Waals surface area contributed by atoms with E-state index in [9.17, 15) is 0 Å². The van der Waals surface area contributed by atoms with Crippen LogP contribution in [0.2, 0.25) is 0 Å². The maximum absolute atomic E-state index is 6.96. The predicted octanol–water partition coefficient (Wildman–Crippen LogP) is 13.5. The van der Waals surface area contributed by atoms with E-state index in [-0.39, 0.29) is 0 Å². The molecular formula is C48H29NO. The second kappa shape index (κ2) is 10.4. The maximum atomic E-state index is 6.96. The zero-order valence-corrected chi connectivity index (χ0v) is 27.1. The molecule has 0 atom stereocenters. The lowest BCUT2D eigenvalue weighted by Gasteiger charge is -2.18. The van der Waals surface area contributed by atoms with Gasteiger partial charge in [-0.2, -0.15) is 0 Å². The molecule has 11 rings (SSSR count). The molecule has 0 aliphatic rings. The van der Waals surface area contributed by atoms with Gasteiger partial charge in [-0.25, -0.2) is 0 Å². The van der Waals surface area contributed by atoms with Crippen LogP contribution in [0.1, 0.15) is 0 Å². The van der Waals surface area contributed by atoms with E-state index in [4.69, 9.17) is 4.42 Å². The number of aromatic nitrogens is 1. The first kappa shape index (κ1) is 27.3. The van der Waals surface area contributed by atoms with Crippen molar-refractivity contribution in [1.29, 1.82) is 0 Å². The van der Waals surface area contributed by atoms with E-state index in [1.54, 1.807) is 0 Å². The summed E-state index contributed by atoms with van der Waals surface area (Å²) in [5.41, 5.74) is 10.1. The molecule has 0 saturated carbocycles. The third kappa shape index (κ3) is 3.85. The van der Waals surface area contributed by atoms with Crippen molar-refractivity contribution in [3.05, 3.63) is 176 Å². The van der Waals surface area contributed by atoms with Crippen molar-refractivity contribution >= 4 is 76.1 Å². The number of hydrogen-bond acceptors (Lipinski definition) is 1. The van der Waals surface area contributed by atoms with Gasteiger partial charge in [0.05, 0.1) is 11.0 Å². The van der Waals surface area contributed by atoms with Crippen LogP contribution in [0.15, 0.2) is 180 Å². The molecule has 0 bridgehead atoms. The first-order chi connectivity index (χ1) is 24.8. The Morgan fingerprint density at radius 3 is 1.62 bits per heavy atom. The predicted molar refractivity (Wildman–Crippen MR) is 211 cm³/mol. The fraction of sp³-hybridized carbons (Fsp3) is 0. The molecule has 9 aromatic carbocycles. The average Bonchev–Trinajstić information content (AvgIpc) is 3.72. The van der Waals surface area contributed by atoms with Gasteiger partial charge in [-0.1, -0.05) is 133 Å². The molecule has 0 fully saturated rings. The average molecular weight is 636 g/mol. The van der Waals surface area contributed by atoms with Gasteiger partial charge in [0.15, 0.2) is 5.58 Å². The van der Waals surface area contributed by atoms with Crippen LogP contribution in [0.5, 0.6) is 0 Å². The summed E-state index contributed by atoms with van der Waals surface area (Å²) in [6.45, 7) is 0. The van der Waals surface area contributed by atoms with Crippen molar-refractivity contribution in [2.45, 2.75) is 0 Å². The quantitative estimate of drug-likeness (QED) is 0.177. The molecule has 2 heterocycles. The summed E-state index contributed by atoms with van der Waals surface area (Å²) in [7, 11) is 0. The topological polar surface area (TPSA) is 18.1 Å². The highest BCUT2D eigenvalue weighted by molar-refractivity contribution is 6.24. The van der Waals surface area contributed by atoms with Crippen LogP contribution in [0, 0.1) is 0 Å². The molecule has 0 N–H and O–H groups in total. The number of fused-ring (bicyclic) bond motifs is 10. The van der Waals surface area contributed by atoms with Gasteiger partial charge in [-0.15, -0.1) is 0 Å². The van der Waals surface area contributed by atoms with Crippen LogP contribution < -0.4 is 0 Å². The first-order valence-corrected chi connectivity index (χ1v) is 17.2. The van der Waals surface area contributed by atoms with Crippen molar-refractivity contribution in [1.82, 2.24) is 4.57 Å². The zero-order valence-electron chi connectivity index (χ0n) is 27.1. The number of furan rings is 1. The number of rotatable bonds is 3. The Balaban J connectivity index is 1.19. The Hall–Kier alpha value is -6.64. The zero-order chi connectivity index (χ0) is 32.8. The molecule has 0 aliphatic heterocycles. The smallest absolute Gasteiger partial charge is 0.160 e. The summed E-state index contributed by atoms with van der Waals surface area (Å²) >= 11 is 0. The van der Waals surface area contributed by atoms with E-state index in [1.165, 1.54) is 65.3 Å². The van der Waals surface area contributed by atoms with Gasteiger partial charge in [0.1, 0.15) is 5.58 Å². The summed E-state index contributed by atoms with van der Waals surface area (Å²) in [6, 6.07) is 63.7. The molecule has 232 valence electrons. The van der Waals surface area contributed by atoms with E-state index >= 15 is 0 Å². The second-order valence-corrected chi connectivity index (χ2v) is 13.2. The molecule has 0 radical (unpaired) electrons. The van der Waals surface area contributed by atoms with Gasteiger partial charge in [-0.05, 0) is 97.0 Å². The number of para-hydroxylation sites is 2. The number of hydrogen-bond donors (Lipinski definition) is 0. The lowest BCUT2D eigenvalue weighted by Crippen LogP contribution is -1.93. The lowest BCUT2D eigenvalue weighted by atomic mass is 9.85. The molecule has 2 nitrogen and oxygen atoms in total. The summed E-state index contributed by atoms with van der Waals surface area (Å²) in [5.74, 6) is 0. The SMILES string of the molecule is c1ccc(-n2c3ccccc3c3ccc4c5ccc(-c6c7ccccc7c(-c7ccc8ccccc8c7)c7ccccc67)cc5oc4c32)cc1. The van der Waals surface area contributed by atoms with Crippen molar-refractivity contribution < 1.29 is 4.42 Å². The summed E-state index contributed by atoms with van der Waals surface area (Å²) < 4.78 is 9.31. The van der Waals surface area contributed by atoms with E-state index in [1.807, 2.05) is 0 Å². The van der Waals surface area contributed by atoms with Crippen LogP contribution >= 0.6 is 0 Å². The molecule has 2 heteroatoms. The molecule has 0 unspecified atom stereocenters. The first-order valence-electron chi connectivity index (χ1n) is 17.2. The third-order valence-electron chi connectivity index (χ3n) is 10.5. The number of nitrogens with zero attached hydrogens (tertiary/aromatic N) is 1. The highest BCUT2D eigenvalue weighted by atomic mass is 16.3.